The molecule has 3 rings (SSSR count). The minimum absolute atomic E-state index is 0.213. The van der Waals surface area contributed by atoms with E-state index in [-0.39, 0.29) is 5.82 Å². The van der Waals surface area contributed by atoms with E-state index in [9.17, 15) is 4.39 Å². The molecule has 0 saturated carbocycles. The molecule has 0 aliphatic carbocycles. The Labute approximate surface area is 121 Å². The maximum Gasteiger partial charge on any atom is 0.178 e. The van der Waals surface area contributed by atoms with E-state index in [0.717, 1.165) is 24.0 Å². The minimum atomic E-state index is -0.213. The Kier molecular flexibility index (Phi) is 3.36. The normalized spacial score (nSPS) is 11.1. The third kappa shape index (κ3) is 2.36. The van der Waals surface area contributed by atoms with Crippen LogP contribution in [0, 0.1) is 17.5 Å². The van der Waals surface area contributed by atoms with Crippen LogP contribution < -0.4 is 0 Å². The predicted octanol–water partition coefficient (Wildman–Crippen LogP) is 3.78. The molecule has 0 saturated heterocycles. The number of nitrogens with one attached hydrogen (secondary N) is 1. The maximum absolute atomic E-state index is 13.6. The summed E-state index contributed by atoms with van der Waals surface area (Å²) in [6.45, 7) is 2.52. The molecule has 0 aliphatic heterocycles. The van der Waals surface area contributed by atoms with Gasteiger partial charge in [0.2, 0.25) is 0 Å². The minimum Gasteiger partial charge on any atom is -0.330 e. The zero-order chi connectivity index (χ0) is 14.1. The SMILES string of the molecule is Cc1cc2c(cc1F)[nH]c(=S)n2CCc1ccncc1. The number of aromatic amines is 1. The number of fused-ring (bicyclic) bond motifs is 1. The van der Waals surface area contributed by atoms with Gasteiger partial charge in [0.15, 0.2) is 4.77 Å². The molecule has 0 unspecified atom stereocenters. The van der Waals surface area contributed by atoms with Crippen molar-refractivity contribution in [2.24, 2.45) is 0 Å². The molecule has 0 fully saturated rings. The first-order valence-corrected chi connectivity index (χ1v) is 6.83. The zero-order valence-electron chi connectivity index (χ0n) is 11.1. The highest BCUT2D eigenvalue weighted by Gasteiger charge is 2.08. The first-order chi connectivity index (χ1) is 9.65. The van der Waals surface area contributed by atoms with Gasteiger partial charge in [-0.3, -0.25) is 4.98 Å². The van der Waals surface area contributed by atoms with Gasteiger partial charge in [0, 0.05) is 18.9 Å². The van der Waals surface area contributed by atoms with Crippen LogP contribution in [-0.2, 0) is 13.0 Å². The van der Waals surface area contributed by atoms with E-state index in [2.05, 4.69) is 9.97 Å². The lowest BCUT2D eigenvalue weighted by Crippen LogP contribution is -2.01. The Morgan fingerprint density at radius 2 is 2.05 bits per heavy atom. The lowest BCUT2D eigenvalue weighted by atomic mass is 10.2. The Morgan fingerprint density at radius 3 is 2.80 bits per heavy atom. The number of pyridine rings is 1. The standard InChI is InChI=1S/C15H14FN3S/c1-10-8-14-13(9-12(10)16)18-15(20)19(14)7-4-11-2-5-17-6-3-11/h2-3,5-6,8-9H,4,7H2,1H3,(H,18,20). The third-order valence-corrected chi connectivity index (χ3v) is 3.75. The van der Waals surface area contributed by atoms with E-state index in [1.54, 1.807) is 19.3 Å². The van der Waals surface area contributed by atoms with E-state index in [1.807, 2.05) is 22.8 Å². The molecule has 20 heavy (non-hydrogen) atoms. The Bertz CT molecular complexity index is 805. The van der Waals surface area contributed by atoms with Crippen molar-refractivity contribution in [3.8, 4) is 0 Å². The molecule has 3 aromatic rings. The molecule has 1 aromatic carbocycles. The molecule has 0 spiro atoms. The largest absolute Gasteiger partial charge is 0.330 e. The Morgan fingerprint density at radius 1 is 1.30 bits per heavy atom. The van der Waals surface area contributed by atoms with Crippen molar-refractivity contribution in [1.29, 1.82) is 0 Å². The molecular weight excluding hydrogens is 273 g/mol. The Balaban J connectivity index is 1.97. The maximum atomic E-state index is 13.6. The summed E-state index contributed by atoms with van der Waals surface area (Å²) in [4.78, 5) is 7.06. The molecule has 2 aromatic heterocycles. The molecule has 0 atom stereocenters. The molecule has 0 bridgehead atoms. The summed E-state index contributed by atoms with van der Waals surface area (Å²) < 4.78 is 16.2. The number of aromatic nitrogens is 3. The number of aryl methyl sites for hydroxylation is 3. The van der Waals surface area contributed by atoms with Crippen LogP contribution >= 0.6 is 12.2 Å². The topological polar surface area (TPSA) is 33.6 Å². The van der Waals surface area contributed by atoms with E-state index < -0.39 is 0 Å². The molecule has 2 heterocycles. The van der Waals surface area contributed by atoms with Crippen LogP contribution in [0.25, 0.3) is 11.0 Å². The second kappa shape index (κ2) is 5.17. The number of hydrogen-bond acceptors (Lipinski definition) is 2. The quantitative estimate of drug-likeness (QED) is 0.744. The second-order valence-electron chi connectivity index (χ2n) is 4.81. The molecule has 0 radical (unpaired) electrons. The van der Waals surface area contributed by atoms with Gasteiger partial charge in [0.1, 0.15) is 5.82 Å². The second-order valence-corrected chi connectivity index (χ2v) is 5.19. The van der Waals surface area contributed by atoms with E-state index in [0.29, 0.717) is 10.3 Å². The number of H-pyrrole nitrogens is 1. The number of imidazole rings is 1. The van der Waals surface area contributed by atoms with Crippen LogP contribution in [0.3, 0.4) is 0 Å². The predicted molar refractivity (Wildman–Crippen MR) is 79.8 cm³/mol. The first kappa shape index (κ1) is 13.0. The highest BCUT2D eigenvalue weighted by atomic mass is 32.1. The van der Waals surface area contributed by atoms with Gasteiger partial charge in [-0.15, -0.1) is 0 Å². The average molecular weight is 287 g/mol. The zero-order valence-corrected chi connectivity index (χ0v) is 11.9. The summed E-state index contributed by atoms with van der Waals surface area (Å²) in [6.07, 6.45) is 4.42. The van der Waals surface area contributed by atoms with Crippen LogP contribution in [0.15, 0.2) is 36.7 Å². The highest BCUT2D eigenvalue weighted by molar-refractivity contribution is 7.71. The van der Waals surface area contributed by atoms with Gasteiger partial charge in [-0.25, -0.2) is 4.39 Å². The molecule has 0 amide bonds. The van der Waals surface area contributed by atoms with Crippen molar-refractivity contribution in [2.45, 2.75) is 19.9 Å². The summed E-state index contributed by atoms with van der Waals surface area (Å²) >= 11 is 5.33. The van der Waals surface area contributed by atoms with Crippen molar-refractivity contribution in [3.63, 3.8) is 0 Å². The van der Waals surface area contributed by atoms with Crippen LogP contribution in [0.2, 0.25) is 0 Å². The molecular formula is C15H14FN3S. The molecule has 0 aliphatic rings. The van der Waals surface area contributed by atoms with Gasteiger partial charge in [-0.2, -0.15) is 0 Å². The number of hydrogen-bond donors (Lipinski definition) is 1. The van der Waals surface area contributed by atoms with E-state index in [4.69, 9.17) is 12.2 Å². The monoisotopic (exact) mass is 287 g/mol. The number of halogens is 1. The summed E-state index contributed by atoms with van der Waals surface area (Å²) in [6, 6.07) is 7.32. The molecule has 5 heteroatoms. The fraction of sp³-hybridized carbons (Fsp3) is 0.200. The lowest BCUT2D eigenvalue weighted by molar-refractivity contribution is 0.620. The van der Waals surface area contributed by atoms with Crippen LogP contribution in [0.4, 0.5) is 4.39 Å². The van der Waals surface area contributed by atoms with E-state index in [1.165, 1.54) is 11.6 Å². The first-order valence-electron chi connectivity index (χ1n) is 6.43. The lowest BCUT2D eigenvalue weighted by Gasteiger charge is -2.05. The summed E-state index contributed by atoms with van der Waals surface area (Å²) in [7, 11) is 0. The summed E-state index contributed by atoms with van der Waals surface area (Å²) in [5.41, 5.74) is 3.52. The average Bonchev–Trinajstić information content (AvgIpc) is 2.73. The number of benzene rings is 1. The van der Waals surface area contributed by atoms with Crippen molar-refractivity contribution in [1.82, 2.24) is 14.5 Å². The fourth-order valence-electron chi connectivity index (χ4n) is 2.29. The van der Waals surface area contributed by atoms with Crippen molar-refractivity contribution >= 4 is 23.3 Å². The van der Waals surface area contributed by atoms with Gasteiger partial charge in [0.25, 0.3) is 0 Å². The van der Waals surface area contributed by atoms with Gasteiger partial charge in [-0.05, 0) is 61.0 Å². The fourth-order valence-corrected chi connectivity index (χ4v) is 2.59. The van der Waals surface area contributed by atoms with Gasteiger partial charge < -0.3 is 9.55 Å². The van der Waals surface area contributed by atoms with Crippen LogP contribution in [0.1, 0.15) is 11.1 Å². The molecule has 1 N–H and O–H groups in total. The molecule has 3 nitrogen and oxygen atoms in total. The Hall–Kier alpha value is -2.01. The van der Waals surface area contributed by atoms with Crippen molar-refractivity contribution in [2.75, 3.05) is 0 Å². The van der Waals surface area contributed by atoms with Gasteiger partial charge >= 0.3 is 0 Å². The van der Waals surface area contributed by atoms with Crippen molar-refractivity contribution < 1.29 is 4.39 Å². The van der Waals surface area contributed by atoms with Crippen molar-refractivity contribution in [3.05, 3.63) is 58.4 Å². The molecule has 102 valence electrons. The smallest absolute Gasteiger partial charge is 0.178 e. The van der Waals surface area contributed by atoms with Gasteiger partial charge in [0.05, 0.1) is 11.0 Å². The van der Waals surface area contributed by atoms with Crippen LogP contribution in [0.5, 0.6) is 0 Å². The van der Waals surface area contributed by atoms with Gasteiger partial charge in [-0.1, -0.05) is 0 Å². The third-order valence-electron chi connectivity index (χ3n) is 3.43. The van der Waals surface area contributed by atoms with E-state index >= 15 is 0 Å². The summed E-state index contributed by atoms with van der Waals surface area (Å²) in [5, 5.41) is 0. The number of nitrogens with zero attached hydrogens (tertiary/aromatic N) is 2. The number of rotatable bonds is 3. The highest BCUT2D eigenvalue weighted by Crippen LogP contribution is 2.19. The summed E-state index contributed by atoms with van der Waals surface area (Å²) in [5.74, 6) is -0.213. The van der Waals surface area contributed by atoms with Crippen LogP contribution in [-0.4, -0.2) is 14.5 Å².